The highest BCUT2D eigenvalue weighted by Gasteiger charge is 2.32. The Kier molecular flexibility index (Phi) is 5.28. The molecule has 2 heterocycles. The quantitative estimate of drug-likeness (QED) is 0.853. The number of halogens is 2. The number of carbonyl (C=O) groups is 1. The molecule has 2 rings (SSSR count). The number of amides is 1. The molecule has 0 aliphatic carbocycles. The molecule has 0 spiro atoms. The van der Waals surface area contributed by atoms with E-state index in [9.17, 15) is 22.0 Å². The van der Waals surface area contributed by atoms with E-state index in [1.165, 1.54) is 5.38 Å². The molecule has 5 nitrogen and oxygen atoms in total. The van der Waals surface area contributed by atoms with Crippen molar-refractivity contribution in [1.82, 2.24) is 10.6 Å². The lowest BCUT2D eigenvalue weighted by molar-refractivity contribution is 0.0946. The van der Waals surface area contributed by atoms with Gasteiger partial charge in [-0.15, -0.1) is 11.3 Å². The highest BCUT2D eigenvalue weighted by Crippen LogP contribution is 2.26. The Bertz CT molecular complexity index is 595. The van der Waals surface area contributed by atoms with Crippen LogP contribution in [0.15, 0.2) is 16.3 Å². The number of hydrogen-bond acceptors (Lipinski definition) is 5. The lowest BCUT2D eigenvalue weighted by Gasteiger charge is -2.22. The standard InChI is InChI=1S/C12H16F2N2O3S2/c13-12(14)21(18,19)9-3-5-20-10(9)11(17)16-7-8-2-1-4-15-6-8/h3,5,8,12,15H,1-2,4,6-7H2,(H,16,17). The number of sulfone groups is 1. The van der Waals surface area contributed by atoms with Gasteiger partial charge in [0.2, 0.25) is 9.84 Å². The van der Waals surface area contributed by atoms with Gasteiger partial charge in [-0.1, -0.05) is 0 Å². The van der Waals surface area contributed by atoms with Gasteiger partial charge in [0.25, 0.3) is 5.91 Å². The first-order chi connectivity index (χ1) is 9.93. The summed E-state index contributed by atoms with van der Waals surface area (Å²) >= 11 is 0.848. The minimum Gasteiger partial charge on any atom is -0.351 e. The fourth-order valence-electron chi connectivity index (χ4n) is 2.20. The maximum absolute atomic E-state index is 12.6. The lowest BCUT2D eigenvalue weighted by Crippen LogP contribution is -2.38. The third-order valence-electron chi connectivity index (χ3n) is 3.33. The Morgan fingerprint density at radius 2 is 2.29 bits per heavy atom. The lowest BCUT2D eigenvalue weighted by atomic mass is 10.00. The van der Waals surface area contributed by atoms with Crippen LogP contribution >= 0.6 is 11.3 Å². The van der Waals surface area contributed by atoms with E-state index in [2.05, 4.69) is 10.6 Å². The molecule has 1 amide bonds. The molecule has 1 atom stereocenters. The summed E-state index contributed by atoms with van der Waals surface area (Å²) in [7, 11) is -4.75. The van der Waals surface area contributed by atoms with E-state index in [1.54, 1.807) is 0 Å². The molecular weight excluding hydrogens is 322 g/mol. The van der Waals surface area contributed by atoms with E-state index >= 15 is 0 Å². The molecule has 1 saturated heterocycles. The van der Waals surface area contributed by atoms with Gasteiger partial charge in [0, 0.05) is 6.54 Å². The Hall–Kier alpha value is -1.06. The largest absolute Gasteiger partial charge is 0.351 e. The summed E-state index contributed by atoms with van der Waals surface area (Å²) in [6.45, 7) is 2.14. The van der Waals surface area contributed by atoms with Gasteiger partial charge in [-0.25, -0.2) is 8.42 Å². The van der Waals surface area contributed by atoms with Gasteiger partial charge in [-0.3, -0.25) is 4.79 Å². The second-order valence-electron chi connectivity index (χ2n) is 4.84. The summed E-state index contributed by atoms with van der Waals surface area (Å²) < 4.78 is 48.1. The molecule has 1 fully saturated rings. The third-order valence-corrected chi connectivity index (χ3v) is 5.79. The molecule has 2 N–H and O–H groups in total. The molecular formula is C12H16F2N2O3S2. The normalized spacial score (nSPS) is 19.7. The number of hydrogen-bond donors (Lipinski definition) is 2. The van der Waals surface area contributed by atoms with Crippen LogP contribution < -0.4 is 10.6 Å². The first kappa shape index (κ1) is 16.3. The van der Waals surface area contributed by atoms with Crippen molar-refractivity contribution < 1.29 is 22.0 Å². The van der Waals surface area contributed by atoms with Gasteiger partial charge in [0.1, 0.15) is 4.88 Å². The SMILES string of the molecule is O=C(NCC1CCCNC1)c1sccc1S(=O)(=O)C(F)F. The first-order valence-corrected chi connectivity index (χ1v) is 8.94. The molecule has 1 unspecified atom stereocenters. The minimum absolute atomic E-state index is 0.181. The molecule has 0 bridgehead atoms. The summed E-state index contributed by atoms with van der Waals surface area (Å²) in [4.78, 5) is 11.2. The van der Waals surface area contributed by atoms with Gasteiger partial charge in [-0.05, 0) is 43.3 Å². The van der Waals surface area contributed by atoms with Crippen molar-refractivity contribution in [3.05, 3.63) is 16.3 Å². The molecule has 0 saturated carbocycles. The van der Waals surface area contributed by atoms with E-state index in [4.69, 9.17) is 0 Å². The van der Waals surface area contributed by atoms with E-state index in [-0.39, 0.29) is 10.8 Å². The van der Waals surface area contributed by atoms with E-state index in [0.717, 1.165) is 43.3 Å². The van der Waals surface area contributed by atoms with Crippen molar-refractivity contribution in [2.24, 2.45) is 5.92 Å². The topological polar surface area (TPSA) is 75.3 Å². The average Bonchev–Trinajstić information content (AvgIpc) is 2.96. The number of piperidine rings is 1. The third kappa shape index (κ3) is 3.78. The van der Waals surface area contributed by atoms with Crippen molar-refractivity contribution in [3.8, 4) is 0 Å². The van der Waals surface area contributed by atoms with Crippen LogP contribution in [-0.2, 0) is 9.84 Å². The molecule has 21 heavy (non-hydrogen) atoms. The van der Waals surface area contributed by atoms with Crippen LogP contribution in [-0.4, -0.2) is 39.7 Å². The summed E-state index contributed by atoms with van der Waals surface area (Å²) in [6, 6.07) is 1.04. The Balaban J connectivity index is 2.05. The monoisotopic (exact) mass is 338 g/mol. The average molecular weight is 338 g/mol. The summed E-state index contributed by atoms with van der Waals surface area (Å²) in [5, 5.41) is 7.15. The molecule has 118 valence electrons. The van der Waals surface area contributed by atoms with Crippen LogP contribution in [0.2, 0.25) is 0 Å². The summed E-state index contributed by atoms with van der Waals surface area (Å²) in [6.07, 6.45) is 1.99. The smallest absolute Gasteiger partial charge is 0.341 e. The molecule has 1 aliphatic rings. The molecule has 1 aromatic heterocycles. The van der Waals surface area contributed by atoms with E-state index in [0.29, 0.717) is 6.54 Å². The maximum Gasteiger partial charge on any atom is 0.341 e. The maximum atomic E-state index is 12.6. The predicted octanol–water partition coefficient (Wildman–Crippen LogP) is 1.47. The Labute approximate surface area is 125 Å². The molecule has 0 aromatic carbocycles. The number of alkyl halides is 2. The van der Waals surface area contributed by atoms with Crippen molar-refractivity contribution in [3.63, 3.8) is 0 Å². The fraction of sp³-hybridized carbons (Fsp3) is 0.583. The number of thiophene rings is 1. The first-order valence-electron chi connectivity index (χ1n) is 6.51. The van der Waals surface area contributed by atoms with Gasteiger partial charge < -0.3 is 10.6 Å². The summed E-state index contributed by atoms with van der Waals surface area (Å²) in [5.74, 6) is -3.87. The van der Waals surface area contributed by atoms with Crippen LogP contribution in [0.25, 0.3) is 0 Å². The van der Waals surface area contributed by atoms with Crippen molar-refractivity contribution >= 4 is 27.1 Å². The van der Waals surface area contributed by atoms with Crippen LogP contribution in [0.3, 0.4) is 0 Å². The van der Waals surface area contributed by atoms with Crippen LogP contribution in [0, 0.1) is 5.92 Å². The minimum atomic E-state index is -4.75. The van der Waals surface area contributed by atoms with E-state index < -0.39 is 26.4 Å². The van der Waals surface area contributed by atoms with Crippen molar-refractivity contribution in [2.45, 2.75) is 23.5 Å². The second-order valence-corrected chi connectivity index (χ2v) is 7.64. The van der Waals surface area contributed by atoms with Gasteiger partial charge in [-0.2, -0.15) is 8.78 Å². The Morgan fingerprint density at radius 3 is 2.90 bits per heavy atom. The van der Waals surface area contributed by atoms with Gasteiger partial charge in [0.05, 0.1) is 4.90 Å². The van der Waals surface area contributed by atoms with Crippen molar-refractivity contribution in [2.75, 3.05) is 19.6 Å². The Morgan fingerprint density at radius 1 is 1.52 bits per heavy atom. The van der Waals surface area contributed by atoms with Gasteiger partial charge >= 0.3 is 5.76 Å². The number of carbonyl (C=O) groups excluding carboxylic acids is 1. The summed E-state index contributed by atoms with van der Waals surface area (Å²) in [5.41, 5.74) is 0. The zero-order valence-corrected chi connectivity index (χ0v) is 12.8. The van der Waals surface area contributed by atoms with Crippen LogP contribution in [0.5, 0.6) is 0 Å². The molecule has 1 aliphatic heterocycles. The van der Waals surface area contributed by atoms with Crippen molar-refractivity contribution in [1.29, 1.82) is 0 Å². The molecule has 1 aromatic rings. The second kappa shape index (κ2) is 6.80. The van der Waals surface area contributed by atoms with Gasteiger partial charge in [0.15, 0.2) is 0 Å². The number of nitrogens with one attached hydrogen (secondary N) is 2. The highest BCUT2D eigenvalue weighted by atomic mass is 32.2. The van der Waals surface area contributed by atoms with Crippen LogP contribution in [0.1, 0.15) is 22.5 Å². The zero-order chi connectivity index (χ0) is 15.5. The number of rotatable bonds is 5. The fourth-order valence-corrected chi connectivity index (χ4v) is 4.28. The van der Waals surface area contributed by atoms with E-state index in [1.807, 2.05) is 0 Å². The highest BCUT2D eigenvalue weighted by molar-refractivity contribution is 7.92. The molecule has 9 heteroatoms. The predicted molar refractivity (Wildman–Crippen MR) is 75.4 cm³/mol. The zero-order valence-electron chi connectivity index (χ0n) is 11.1. The molecule has 0 radical (unpaired) electrons. The van der Waals surface area contributed by atoms with Crippen LogP contribution in [0.4, 0.5) is 8.78 Å².